The van der Waals surface area contributed by atoms with Crippen LogP contribution in [0, 0.1) is 0 Å². The molecular weight excluding hydrogens is 330 g/mol. The minimum absolute atomic E-state index is 0.247. The van der Waals surface area contributed by atoms with E-state index in [1.165, 1.54) is 5.56 Å². The summed E-state index contributed by atoms with van der Waals surface area (Å²) in [4.78, 5) is 4.52. The number of aliphatic hydroxyl groups is 1. The fourth-order valence-corrected chi connectivity index (χ4v) is 2.48. The van der Waals surface area contributed by atoms with E-state index < -0.39 is 5.60 Å². The lowest BCUT2D eigenvalue weighted by atomic mass is 10.0. The van der Waals surface area contributed by atoms with Crippen LogP contribution in [0.15, 0.2) is 41.7 Å². The van der Waals surface area contributed by atoms with Gasteiger partial charge in [0.05, 0.1) is 19.9 Å². The number of aryl methyl sites for hydroxylation is 1. The van der Waals surface area contributed by atoms with E-state index in [0.29, 0.717) is 5.96 Å². The zero-order chi connectivity index (χ0) is 19.0. The smallest absolute Gasteiger partial charge is 0.191 e. The number of nitrogens with zero attached hydrogens (tertiary/aromatic N) is 3. The van der Waals surface area contributed by atoms with Crippen LogP contribution in [0.25, 0.3) is 0 Å². The van der Waals surface area contributed by atoms with E-state index >= 15 is 0 Å². The number of aliphatic imine (C=N–C) groups is 1. The fourth-order valence-electron chi connectivity index (χ4n) is 2.48. The molecule has 1 unspecified atom stereocenters. The highest BCUT2D eigenvalue weighted by atomic mass is 16.5. The molecule has 0 amide bonds. The molecule has 0 saturated carbocycles. The molecule has 1 aromatic carbocycles. The topological polar surface area (TPSA) is 83.7 Å². The first-order chi connectivity index (χ1) is 12.4. The van der Waals surface area contributed by atoms with E-state index in [1.54, 1.807) is 31.1 Å². The second kappa shape index (κ2) is 9.24. The summed E-state index contributed by atoms with van der Waals surface area (Å²) < 4.78 is 6.84. The Balaban J connectivity index is 1.91. The maximum absolute atomic E-state index is 10.6. The molecule has 0 aliphatic carbocycles. The Morgan fingerprint density at radius 1 is 1.31 bits per heavy atom. The van der Waals surface area contributed by atoms with Crippen LogP contribution in [0.5, 0.6) is 5.75 Å². The Hall–Kier alpha value is -2.54. The van der Waals surface area contributed by atoms with Gasteiger partial charge in [-0.1, -0.05) is 12.1 Å². The van der Waals surface area contributed by atoms with Gasteiger partial charge < -0.3 is 20.5 Å². The van der Waals surface area contributed by atoms with Crippen molar-refractivity contribution in [3.05, 3.63) is 47.8 Å². The Kier molecular flexibility index (Phi) is 7.03. The number of ether oxygens (including phenoxy) is 1. The molecule has 0 fully saturated rings. The first-order valence-corrected chi connectivity index (χ1v) is 8.81. The zero-order valence-corrected chi connectivity index (χ0v) is 16.0. The van der Waals surface area contributed by atoms with E-state index in [0.717, 1.165) is 30.8 Å². The normalized spacial score (nSPS) is 14.0. The van der Waals surface area contributed by atoms with E-state index in [4.69, 9.17) is 4.74 Å². The Morgan fingerprint density at radius 2 is 2.04 bits per heavy atom. The van der Waals surface area contributed by atoms with Gasteiger partial charge in [-0.2, -0.15) is 5.10 Å². The van der Waals surface area contributed by atoms with Crippen LogP contribution < -0.4 is 15.4 Å². The van der Waals surface area contributed by atoms with Gasteiger partial charge in [0.2, 0.25) is 0 Å². The quantitative estimate of drug-likeness (QED) is 0.491. The second-order valence-electron chi connectivity index (χ2n) is 6.40. The number of rotatable bonds is 8. The molecule has 0 radical (unpaired) electrons. The molecule has 1 heterocycles. The molecule has 0 saturated heterocycles. The largest absolute Gasteiger partial charge is 0.497 e. The SMILES string of the molecule is CCNC(=NCC(C)(O)c1cnn(C)c1)NCCc1ccc(OC)cc1. The molecule has 2 aromatic rings. The molecule has 0 aliphatic heterocycles. The summed E-state index contributed by atoms with van der Waals surface area (Å²) in [6.07, 6.45) is 4.34. The summed E-state index contributed by atoms with van der Waals surface area (Å²) in [6, 6.07) is 8.02. The molecule has 0 spiro atoms. The molecule has 2 rings (SSSR count). The molecule has 3 N–H and O–H groups in total. The molecule has 26 heavy (non-hydrogen) atoms. The predicted octanol–water partition coefficient (Wildman–Crippen LogP) is 1.43. The van der Waals surface area contributed by atoms with Crippen LogP contribution in [0.2, 0.25) is 0 Å². The summed E-state index contributed by atoms with van der Waals surface area (Å²) >= 11 is 0. The van der Waals surface area contributed by atoms with Crippen molar-refractivity contribution >= 4 is 5.96 Å². The molecule has 7 heteroatoms. The lowest BCUT2D eigenvalue weighted by Gasteiger charge is -2.20. The van der Waals surface area contributed by atoms with Crippen LogP contribution in [-0.4, -0.2) is 47.6 Å². The highest BCUT2D eigenvalue weighted by Gasteiger charge is 2.24. The van der Waals surface area contributed by atoms with Crippen LogP contribution in [0.4, 0.5) is 0 Å². The van der Waals surface area contributed by atoms with Crippen LogP contribution in [-0.2, 0) is 19.1 Å². The minimum atomic E-state index is -1.06. The summed E-state index contributed by atoms with van der Waals surface area (Å²) in [6.45, 7) is 5.50. The maximum Gasteiger partial charge on any atom is 0.191 e. The Bertz CT molecular complexity index is 707. The number of aromatic nitrogens is 2. The van der Waals surface area contributed by atoms with Gasteiger partial charge in [-0.15, -0.1) is 0 Å². The second-order valence-corrected chi connectivity index (χ2v) is 6.40. The van der Waals surface area contributed by atoms with E-state index in [2.05, 4.69) is 32.9 Å². The van der Waals surface area contributed by atoms with E-state index in [9.17, 15) is 5.11 Å². The summed E-state index contributed by atoms with van der Waals surface area (Å²) in [5.41, 5.74) is 0.904. The van der Waals surface area contributed by atoms with Crippen molar-refractivity contribution in [2.24, 2.45) is 12.0 Å². The number of methoxy groups -OCH3 is 1. The third-order valence-corrected chi connectivity index (χ3v) is 4.08. The lowest BCUT2D eigenvalue weighted by Crippen LogP contribution is -2.39. The van der Waals surface area contributed by atoms with Gasteiger partial charge in [0.1, 0.15) is 11.4 Å². The van der Waals surface area contributed by atoms with Gasteiger partial charge in [0.15, 0.2) is 5.96 Å². The standard InChI is InChI=1S/C19H29N5O2/c1-5-20-18(21-11-10-15-6-8-17(26-4)9-7-15)22-14-19(2,25)16-12-23-24(3)13-16/h6-9,12-13,25H,5,10-11,14H2,1-4H3,(H2,20,21,22). The summed E-state index contributed by atoms with van der Waals surface area (Å²) in [5.74, 6) is 1.54. The van der Waals surface area contributed by atoms with Gasteiger partial charge in [-0.05, 0) is 38.0 Å². The van der Waals surface area contributed by atoms with E-state index in [1.807, 2.05) is 26.1 Å². The summed E-state index contributed by atoms with van der Waals surface area (Å²) in [7, 11) is 3.49. The number of benzene rings is 1. The van der Waals surface area contributed by atoms with Gasteiger partial charge >= 0.3 is 0 Å². The third-order valence-electron chi connectivity index (χ3n) is 4.08. The van der Waals surface area contributed by atoms with Gasteiger partial charge in [-0.3, -0.25) is 4.68 Å². The predicted molar refractivity (Wildman–Crippen MR) is 103 cm³/mol. The van der Waals surface area contributed by atoms with Crippen LogP contribution in [0.1, 0.15) is 25.0 Å². The molecule has 142 valence electrons. The fraction of sp³-hybridized carbons (Fsp3) is 0.474. The van der Waals surface area contributed by atoms with Crippen LogP contribution >= 0.6 is 0 Å². The van der Waals surface area contributed by atoms with Crippen molar-refractivity contribution in [2.45, 2.75) is 25.9 Å². The number of nitrogens with one attached hydrogen (secondary N) is 2. The van der Waals surface area contributed by atoms with E-state index in [-0.39, 0.29) is 6.54 Å². The van der Waals surface area contributed by atoms with Crippen molar-refractivity contribution in [2.75, 3.05) is 26.7 Å². The maximum atomic E-state index is 10.6. The van der Waals surface area contributed by atoms with Crippen molar-refractivity contribution in [1.82, 2.24) is 20.4 Å². The monoisotopic (exact) mass is 359 g/mol. The lowest BCUT2D eigenvalue weighted by molar-refractivity contribution is 0.0672. The molecular formula is C19H29N5O2. The molecule has 1 aromatic heterocycles. The first-order valence-electron chi connectivity index (χ1n) is 8.81. The first kappa shape index (κ1) is 19.8. The highest BCUT2D eigenvalue weighted by Crippen LogP contribution is 2.19. The van der Waals surface area contributed by atoms with Crippen molar-refractivity contribution < 1.29 is 9.84 Å². The van der Waals surface area contributed by atoms with Crippen LogP contribution in [0.3, 0.4) is 0 Å². The Labute approximate surface area is 155 Å². The van der Waals surface area contributed by atoms with Crippen molar-refractivity contribution in [3.63, 3.8) is 0 Å². The van der Waals surface area contributed by atoms with Gasteiger partial charge in [0.25, 0.3) is 0 Å². The average Bonchev–Trinajstić information content (AvgIpc) is 3.08. The molecule has 7 nitrogen and oxygen atoms in total. The molecule has 0 bridgehead atoms. The average molecular weight is 359 g/mol. The minimum Gasteiger partial charge on any atom is -0.497 e. The zero-order valence-electron chi connectivity index (χ0n) is 16.0. The number of hydrogen-bond acceptors (Lipinski definition) is 4. The summed E-state index contributed by atoms with van der Waals surface area (Å²) in [5, 5.41) is 21.3. The molecule has 0 aliphatic rings. The Morgan fingerprint density at radius 3 is 2.62 bits per heavy atom. The van der Waals surface area contributed by atoms with Gasteiger partial charge in [-0.25, -0.2) is 4.99 Å². The highest BCUT2D eigenvalue weighted by molar-refractivity contribution is 5.79. The third kappa shape index (κ3) is 5.77. The van der Waals surface area contributed by atoms with Gasteiger partial charge in [0, 0.05) is 31.9 Å². The van der Waals surface area contributed by atoms with Crippen molar-refractivity contribution in [1.29, 1.82) is 0 Å². The number of guanidine groups is 1. The molecule has 1 atom stereocenters. The van der Waals surface area contributed by atoms with Crippen molar-refractivity contribution in [3.8, 4) is 5.75 Å². The number of hydrogen-bond donors (Lipinski definition) is 3.